The monoisotopic (exact) mass is 335 g/mol. The van der Waals surface area contributed by atoms with Crippen molar-refractivity contribution in [3.63, 3.8) is 0 Å². The number of carbonyl (C=O) groups is 1. The van der Waals surface area contributed by atoms with Crippen molar-refractivity contribution >= 4 is 23.1 Å². The van der Waals surface area contributed by atoms with E-state index in [-0.39, 0.29) is 11.7 Å². The summed E-state index contributed by atoms with van der Waals surface area (Å²) in [5.74, 6) is 0.156. The van der Waals surface area contributed by atoms with Gasteiger partial charge in [-0.3, -0.25) is 4.79 Å². The average molecular weight is 335 g/mol. The van der Waals surface area contributed by atoms with E-state index in [2.05, 4.69) is 15.6 Å². The topological polar surface area (TPSA) is 54.0 Å². The Balaban J connectivity index is 1.58. The molecule has 0 aliphatic carbocycles. The molecule has 4 nitrogen and oxygen atoms in total. The number of nitrogens with one attached hydrogen (secondary N) is 2. The highest BCUT2D eigenvalue weighted by Gasteiger charge is 2.05. The number of carbonyl (C=O) groups excluding carboxylic acids is 1. The minimum absolute atomic E-state index is 0.100. The van der Waals surface area contributed by atoms with Crippen molar-refractivity contribution in [1.29, 1.82) is 0 Å². The SMILES string of the molecule is Cc1ccc(CC(=O)Nc2ccc(Nc3cccc(F)c3)nc2)cc1. The third kappa shape index (κ3) is 4.88. The molecule has 1 aromatic heterocycles. The minimum atomic E-state index is -0.315. The summed E-state index contributed by atoms with van der Waals surface area (Å²) in [6, 6.07) is 17.5. The van der Waals surface area contributed by atoms with Gasteiger partial charge in [-0.25, -0.2) is 9.37 Å². The zero-order valence-electron chi connectivity index (χ0n) is 13.8. The highest BCUT2D eigenvalue weighted by atomic mass is 19.1. The van der Waals surface area contributed by atoms with Crippen molar-refractivity contribution in [2.45, 2.75) is 13.3 Å². The van der Waals surface area contributed by atoms with Gasteiger partial charge < -0.3 is 10.6 Å². The first-order valence-corrected chi connectivity index (χ1v) is 7.92. The molecule has 0 bridgehead atoms. The summed E-state index contributed by atoms with van der Waals surface area (Å²) >= 11 is 0. The van der Waals surface area contributed by atoms with Crippen LogP contribution in [0.25, 0.3) is 0 Å². The number of anilines is 3. The van der Waals surface area contributed by atoms with Crippen LogP contribution in [0, 0.1) is 12.7 Å². The van der Waals surface area contributed by atoms with Crippen LogP contribution in [0.3, 0.4) is 0 Å². The Bertz CT molecular complexity index is 861. The van der Waals surface area contributed by atoms with Crippen LogP contribution in [0.2, 0.25) is 0 Å². The lowest BCUT2D eigenvalue weighted by atomic mass is 10.1. The summed E-state index contributed by atoms with van der Waals surface area (Å²) in [6.07, 6.45) is 1.87. The Hall–Kier alpha value is -3.21. The van der Waals surface area contributed by atoms with E-state index in [4.69, 9.17) is 0 Å². The first-order chi connectivity index (χ1) is 12.1. The van der Waals surface area contributed by atoms with Crippen molar-refractivity contribution in [2.24, 2.45) is 0 Å². The molecule has 2 N–H and O–H groups in total. The fourth-order valence-electron chi connectivity index (χ4n) is 2.35. The van der Waals surface area contributed by atoms with Gasteiger partial charge in [0.1, 0.15) is 11.6 Å². The zero-order chi connectivity index (χ0) is 17.6. The number of halogens is 1. The molecule has 0 unspecified atom stereocenters. The van der Waals surface area contributed by atoms with Crippen LogP contribution in [-0.4, -0.2) is 10.9 Å². The summed E-state index contributed by atoms with van der Waals surface area (Å²) in [7, 11) is 0. The fraction of sp³-hybridized carbons (Fsp3) is 0.100. The van der Waals surface area contributed by atoms with Gasteiger partial charge in [0, 0.05) is 5.69 Å². The van der Waals surface area contributed by atoms with Crippen molar-refractivity contribution in [3.05, 3.63) is 83.8 Å². The Morgan fingerprint density at radius 2 is 1.84 bits per heavy atom. The van der Waals surface area contributed by atoms with E-state index in [1.807, 2.05) is 31.2 Å². The summed E-state index contributed by atoms with van der Waals surface area (Å²) in [5, 5.41) is 5.82. The number of nitrogens with zero attached hydrogens (tertiary/aromatic N) is 1. The predicted molar refractivity (Wildman–Crippen MR) is 97.4 cm³/mol. The normalized spacial score (nSPS) is 10.3. The van der Waals surface area contributed by atoms with Gasteiger partial charge in [-0.05, 0) is 42.8 Å². The maximum absolute atomic E-state index is 13.2. The molecule has 5 heteroatoms. The maximum atomic E-state index is 13.2. The summed E-state index contributed by atoms with van der Waals surface area (Å²) in [5.41, 5.74) is 3.35. The molecule has 0 fully saturated rings. The molecule has 0 atom stereocenters. The number of pyridine rings is 1. The largest absolute Gasteiger partial charge is 0.340 e. The van der Waals surface area contributed by atoms with Gasteiger partial charge in [0.25, 0.3) is 0 Å². The van der Waals surface area contributed by atoms with E-state index in [9.17, 15) is 9.18 Å². The molecule has 126 valence electrons. The molecule has 2 aromatic carbocycles. The molecule has 0 aliphatic rings. The lowest BCUT2D eigenvalue weighted by Gasteiger charge is -2.08. The number of hydrogen-bond acceptors (Lipinski definition) is 3. The third-order valence-electron chi connectivity index (χ3n) is 3.63. The highest BCUT2D eigenvalue weighted by Crippen LogP contribution is 2.17. The molecule has 1 amide bonds. The third-order valence-corrected chi connectivity index (χ3v) is 3.63. The van der Waals surface area contributed by atoms with Crippen LogP contribution in [0.4, 0.5) is 21.6 Å². The minimum Gasteiger partial charge on any atom is -0.340 e. The number of benzene rings is 2. The fourth-order valence-corrected chi connectivity index (χ4v) is 2.35. The van der Waals surface area contributed by atoms with Crippen molar-refractivity contribution in [2.75, 3.05) is 10.6 Å². The molecule has 3 aromatic rings. The molecule has 3 rings (SSSR count). The van der Waals surface area contributed by atoms with E-state index in [0.717, 1.165) is 11.1 Å². The van der Waals surface area contributed by atoms with Crippen molar-refractivity contribution < 1.29 is 9.18 Å². The predicted octanol–water partition coefficient (Wildman–Crippen LogP) is 4.45. The van der Waals surface area contributed by atoms with Crippen LogP contribution in [0.15, 0.2) is 66.9 Å². The van der Waals surface area contributed by atoms with Gasteiger partial charge in [0.2, 0.25) is 5.91 Å². The lowest BCUT2D eigenvalue weighted by molar-refractivity contribution is -0.115. The van der Waals surface area contributed by atoms with Gasteiger partial charge >= 0.3 is 0 Å². The molecule has 0 radical (unpaired) electrons. The second-order valence-electron chi connectivity index (χ2n) is 5.78. The molecular weight excluding hydrogens is 317 g/mol. The van der Waals surface area contributed by atoms with E-state index >= 15 is 0 Å². The molecule has 0 spiro atoms. The van der Waals surface area contributed by atoms with Gasteiger partial charge in [-0.15, -0.1) is 0 Å². The second kappa shape index (κ2) is 7.57. The highest BCUT2D eigenvalue weighted by molar-refractivity contribution is 5.92. The van der Waals surface area contributed by atoms with E-state index in [1.54, 1.807) is 30.5 Å². The lowest BCUT2D eigenvalue weighted by Crippen LogP contribution is -2.14. The quantitative estimate of drug-likeness (QED) is 0.724. The first-order valence-electron chi connectivity index (χ1n) is 7.92. The number of amides is 1. The Morgan fingerprint density at radius 1 is 1.04 bits per heavy atom. The van der Waals surface area contributed by atoms with Gasteiger partial charge in [-0.2, -0.15) is 0 Å². The van der Waals surface area contributed by atoms with Crippen LogP contribution in [0.1, 0.15) is 11.1 Å². The summed E-state index contributed by atoms with van der Waals surface area (Å²) in [4.78, 5) is 16.3. The van der Waals surface area contributed by atoms with Crippen LogP contribution in [0.5, 0.6) is 0 Å². The van der Waals surface area contributed by atoms with Crippen LogP contribution in [-0.2, 0) is 11.2 Å². The molecule has 0 saturated carbocycles. The molecular formula is C20H18FN3O. The molecule has 0 saturated heterocycles. The number of hydrogen-bond donors (Lipinski definition) is 2. The van der Waals surface area contributed by atoms with Crippen LogP contribution >= 0.6 is 0 Å². The van der Waals surface area contributed by atoms with Gasteiger partial charge in [-0.1, -0.05) is 35.9 Å². The smallest absolute Gasteiger partial charge is 0.228 e. The maximum Gasteiger partial charge on any atom is 0.228 e. The van der Waals surface area contributed by atoms with Gasteiger partial charge in [0.15, 0.2) is 0 Å². The van der Waals surface area contributed by atoms with E-state index in [0.29, 0.717) is 23.6 Å². The zero-order valence-corrected chi connectivity index (χ0v) is 13.8. The summed E-state index contributed by atoms with van der Waals surface area (Å²) in [6.45, 7) is 2.01. The van der Waals surface area contributed by atoms with Gasteiger partial charge in [0.05, 0.1) is 18.3 Å². The number of aryl methyl sites for hydroxylation is 1. The first kappa shape index (κ1) is 16.6. The summed E-state index contributed by atoms with van der Waals surface area (Å²) < 4.78 is 13.2. The van der Waals surface area contributed by atoms with Crippen LogP contribution < -0.4 is 10.6 Å². The standard InChI is InChI=1S/C20H18FN3O/c1-14-5-7-15(8-6-14)11-20(25)24-18-9-10-19(22-13-18)23-17-4-2-3-16(21)12-17/h2-10,12-13H,11H2,1H3,(H,22,23)(H,24,25). The van der Waals surface area contributed by atoms with Crippen molar-refractivity contribution in [1.82, 2.24) is 4.98 Å². The number of aromatic nitrogens is 1. The van der Waals surface area contributed by atoms with E-state index < -0.39 is 0 Å². The Labute approximate surface area is 145 Å². The van der Waals surface area contributed by atoms with E-state index in [1.165, 1.54) is 12.1 Å². The Morgan fingerprint density at radius 3 is 2.52 bits per heavy atom. The Kier molecular flexibility index (Phi) is 5.04. The average Bonchev–Trinajstić information content (AvgIpc) is 2.59. The molecule has 0 aliphatic heterocycles. The number of rotatable bonds is 5. The second-order valence-corrected chi connectivity index (χ2v) is 5.78. The molecule has 25 heavy (non-hydrogen) atoms. The van der Waals surface area contributed by atoms with Crippen molar-refractivity contribution in [3.8, 4) is 0 Å². The molecule has 1 heterocycles.